The number of carbonyl (C=O) groups excluding carboxylic acids is 1. The van der Waals surface area contributed by atoms with Crippen molar-refractivity contribution in [3.63, 3.8) is 0 Å². The summed E-state index contributed by atoms with van der Waals surface area (Å²) in [5.41, 5.74) is 1.41. The van der Waals surface area contributed by atoms with Gasteiger partial charge in [0.25, 0.3) is 0 Å². The highest BCUT2D eigenvalue weighted by Gasteiger charge is 2.21. The van der Waals surface area contributed by atoms with Crippen molar-refractivity contribution in [1.82, 2.24) is 0 Å². The van der Waals surface area contributed by atoms with Crippen LogP contribution < -0.4 is 5.11 Å². The summed E-state index contributed by atoms with van der Waals surface area (Å²) >= 11 is 0. The van der Waals surface area contributed by atoms with Crippen molar-refractivity contribution in [3.8, 4) is 0 Å². The normalized spacial score (nSPS) is 14.7. The van der Waals surface area contributed by atoms with Gasteiger partial charge < -0.3 is 5.11 Å². The van der Waals surface area contributed by atoms with Crippen LogP contribution in [0.1, 0.15) is 22.8 Å². The SMILES string of the molecule is CC1=C([O-])c2cc3ccccc3cc2C1=O. The molecule has 78 valence electrons. The molecule has 0 amide bonds. The zero-order chi connectivity index (χ0) is 11.3. The summed E-state index contributed by atoms with van der Waals surface area (Å²) in [5.74, 6) is -0.267. The Morgan fingerprint density at radius 3 is 2.19 bits per heavy atom. The van der Waals surface area contributed by atoms with Crippen LogP contribution >= 0.6 is 0 Å². The van der Waals surface area contributed by atoms with Gasteiger partial charge in [-0.15, -0.1) is 0 Å². The number of allylic oxidation sites excluding steroid dienone is 1. The molecule has 0 saturated carbocycles. The standard InChI is InChI=1S/C14H10O2/c1-8-13(15)11-6-9-4-2-3-5-10(9)7-12(11)14(8)16/h2-7,15H,1H3/p-1. The first-order valence-corrected chi connectivity index (χ1v) is 5.14. The molecule has 1 aliphatic rings. The molecule has 0 N–H and O–H groups in total. The van der Waals surface area contributed by atoms with E-state index in [1.165, 1.54) is 0 Å². The Kier molecular flexibility index (Phi) is 1.69. The lowest BCUT2D eigenvalue weighted by molar-refractivity contribution is -0.244. The molecular formula is C14H9O2-. The van der Waals surface area contributed by atoms with Crippen LogP contribution in [0.3, 0.4) is 0 Å². The van der Waals surface area contributed by atoms with E-state index in [2.05, 4.69) is 0 Å². The quantitative estimate of drug-likeness (QED) is 0.666. The number of rotatable bonds is 0. The molecule has 0 bridgehead atoms. The molecule has 0 unspecified atom stereocenters. The van der Waals surface area contributed by atoms with Gasteiger partial charge in [-0.25, -0.2) is 0 Å². The summed E-state index contributed by atoms with van der Waals surface area (Å²) < 4.78 is 0. The number of carbonyl (C=O) groups is 1. The highest BCUT2D eigenvalue weighted by molar-refractivity contribution is 6.20. The predicted molar refractivity (Wildman–Crippen MR) is 60.9 cm³/mol. The highest BCUT2D eigenvalue weighted by atomic mass is 16.3. The number of hydrogen-bond donors (Lipinski definition) is 0. The molecule has 3 rings (SSSR count). The molecule has 16 heavy (non-hydrogen) atoms. The first-order valence-electron chi connectivity index (χ1n) is 5.14. The molecular weight excluding hydrogens is 200 g/mol. The molecule has 2 aromatic rings. The number of Topliss-reactive ketones (excluding diaryl/α,β-unsaturated/α-hetero) is 1. The van der Waals surface area contributed by atoms with Crippen LogP contribution in [0.25, 0.3) is 16.5 Å². The van der Waals surface area contributed by atoms with Crippen molar-refractivity contribution in [1.29, 1.82) is 0 Å². The van der Waals surface area contributed by atoms with Crippen LogP contribution in [0.15, 0.2) is 42.0 Å². The van der Waals surface area contributed by atoms with E-state index in [1.54, 1.807) is 19.1 Å². The van der Waals surface area contributed by atoms with Crippen molar-refractivity contribution < 1.29 is 9.90 Å². The Morgan fingerprint density at radius 1 is 1.00 bits per heavy atom. The summed E-state index contributed by atoms with van der Waals surface area (Å²) in [6, 6.07) is 11.4. The van der Waals surface area contributed by atoms with Gasteiger partial charge in [-0.3, -0.25) is 4.79 Å². The first kappa shape index (κ1) is 9.16. The molecule has 0 atom stereocenters. The number of ketones is 1. The zero-order valence-electron chi connectivity index (χ0n) is 8.78. The highest BCUT2D eigenvalue weighted by Crippen LogP contribution is 2.32. The number of hydrogen-bond acceptors (Lipinski definition) is 2. The molecule has 0 aliphatic heterocycles. The van der Waals surface area contributed by atoms with Crippen LogP contribution in [0.5, 0.6) is 0 Å². The number of fused-ring (bicyclic) bond motifs is 2. The molecule has 1 aliphatic carbocycles. The first-order chi connectivity index (χ1) is 7.68. The fraction of sp³-hybridized carbons (Fsp3) is 0.0714. The molecule has 2 nitrogen and oxygen atoms in total. The van der Waals surface area contributed by atoms with E-state index in [0.29, 0.717) is 16.7 Å². The molecule has 2 aromatic carbocycles. The third-order valence-corrected chi connectivity index (χ3v) is 3.06. The fourth-order valence-corrected chi connectivity index (χ4v) is 2.12. The third kappa shape index (κ3) is 1.04. The van der Waals surface area contributed by atoms with Crippen molar-refractivity contribution in [2.75, 3.05) is 0 Å². The van der Waals surface area contributed by atoms with Crippen LogP contribution in [0.2, 0.25) is 0 Å². The summed E-state index contributed by atoms with van der Waals surface area (Å²) in [6.45, 7) is 1.59. The lowest BCUT2D eigenvalue weighted by Crippen LogP contribution is -2.01. The minimum absolute atomic E-state index is 0.134. The largest absolute Gasteiger partial charge is 0.872 e. The smallest absolute Gasteiger partial charge is 0.188 e. The summed E-state index contributed by atoms with van der Waals surface area (Å²) in [5, 5.41) is 13.8. The molecule has 0 spiro atoms. The summed E-state index contributed by atoms with van der Waals surface area (Å²) in [6.07, 6.45) is 0. The van der Waals surface area contributed by atoms with Gasteiger partial charge in [-0.05, 0) is 41.0 Å². The topological polar surface area (TPSA) is 40.1 Å². The Balaban J connectivity index is 2.40. The molecule has 0 aromatic heterocycles. The van der Waals surface area contributed by atoms with Crippen molar-refractivity contribution >= 4 is 22.3 Å². The second kappa shape index (κ2) is 2.95. The van der Waals surface area contributed by atoms with Crippen molar-refractivity contribution in [2.45, 2.75) is 6.92 Å². The lowest BCUT2D eigenvalue weighted by atomic mass is 10.0. The lowest BCUT2D eigenvalue weighted by Gasteiger charge is -2.10. The van der Waals surface area contributed by atoms with Gasteiger partial charge in [0, 0.05) is 5.56 Å². The van der Waals surface area contributed by atoms with Crippen LogP contribution in [0.4, 0.5) is 0 Å². The van der Waals surface area contributed by atoms with E-state index in [1.807, 2.05) is 24.3 Å². The average Bonchev–Trinajstić information content (AvgIpc) is 2.52. The van der Waals surface area contributed by atoms with E-state index in [0.717, 1.165) is 10.8 Å². The predicted octanol–water partition coefficient (Wildman–Crippen LogP) is 2.13. The van der Waals surface area contributed by atoms with E-state index in [4.69, 9.17) is 0 Å². The molecule has 0 fully saturated rings. The summed E-state index contributed by atoms with van der Waals surface area (Å²) in [7, 11) is 0. The van der Waals surface area contributed by atoms with Crippen LogP contribution in [-0.2, 0) is 0 Å². The van der Waals surface area contributed by atoms with Crippen molar-refractivity contribution in [3.05, 3.63) is 53.1 Å². The van der Waals surface area contributed by atoms with Gasteiger partial charge in [0.05, 0.1) is 0 Å². The van der Waals surface area contributed by atoms with Gasteiger partial charge >= 0.3 is 0 Å². The second-order valence-electron chi connectivity index (χ2n) is 4.03. The average molecular weight is 209 g/mol. The molecule has 0 saturated heterocycles. The molecule has 0 heterocycles. The van der Waals surface area contributed by atoms with E-state index >= 15 is 0 Å². The maximum Gasteiger partial charge on any atom is 0.188 e. The molecule has 2 heteroatoms. The second-order valence-corrected chi connectivity index (χ2v) is 4.03. The fourth-order valence-electron chi connectivity index (χ4n) is 2.12. The Hall–Kier alpha value is -2.09. The minimum Gasteiger partial charge on any atom is -0.872 e. The van der Waals surface area contributed by atoms with Crippen LogP contribution in [-0.4, -0.2) is 5.78 Å². The van der Waals surface area contributed by atoms with Crippen LogP contribution in [0, 0.1) is 0 Å². The molecule has 0 radical (unpaired) electrons. The van der Waals surface area contributed by atoms with E-state index in [-0.39, 0.29) is 11.5 Å². The Morgan fingerprint density at radius 2 is 1.56 bits per heavy atom. The van der Waals surface area contributed by atoms with Gasteiger partial charge in [0.15, 0.2) is 5.78 Å². The third-order valence-electron chi connectivity index (χ3n) is 3.06. The summed E-state index contributed by atoms with van der Waals surface area (Å²) in [4.78, 5) is 11.8. The van der Waals surface area contributed by atoms with E-state index in [9.17, 15) is 9.90 Å². The maximum atomic E-state index is 11.8. The zero-order valence-corrected chi connectivity index (χ0v) is 8.78. The van der Waals surface area contributed by atoms with Gasteiger partial charge in [0.2, 0.25) is 0 Å². The van der Waals surface area contributed by atoms with Gasteiger partial charge in [-0.2, -0.15) is 0 Å². The van der Waals surface area contributed by atoms with E-state index < -0.39 is 0 Å². The Bertz CT molecular complexity index is 651. The monoisotopic (exact) mass is 209 g/mol. The Labute approximate surface area is 92.8 Å². The van der Waals surface area contributed by atoms with Gasteiger partial charge in [0.1, 0.15) is 0 Å². The van der Waals surface area contributed by atoms with Gasteiger partial charge in [-0.1, -0.05) is 30.0 Å². The van der Waals surface area contributed by atoms with Crippen molar-refractivity contribution in [2.24, 2.45) is 0 Å². The maximum absolute atomic E-state index is 11.8. The minimum atomic E-state index is -0.134. The number of benzene rings is 2.